The summed E-state index contributed by atoms with van der Waals surface area (Å²) in [7, 11) is 1.51. The Morgan fingerprint density at radius 1 is 1.14 bits per heavy atom. The number of benzene rings is 2. The van der Waals surface area contributed by atoms with Crippen molar-refractivity contribution < 1.29 is 14.3 Å². The van der Waals surface area contributed by atoms with Crippen molar-refractivity contribution in [2.45, 2.75) is 0 Å². The van der Waals surface area contributed by atoms with E-state index in [0.29, 0.717) is 23.0 Å². The fourth-order valence-electron chi connectivity index (χ4n) is 2.50. The first-order valence-corrected chi connectivity index (χ1v) is 8.74. The number of nitrogens with zero attached hydrogens (tertiary/aromatic N) is 3. The van der Waals surface area contributed by atoms with Gasteiger partial charge in [0.2, 0.25) is 5.91 Å². The molecule has 0 unspecified atom stereocenters. The van der Waals surface area contributed by atoms with Crippen molar-refractivity contribution in [3.63, 3.8) is 0 Å². The number of carbonyl (C=O) groups is 1. The van der Waals surface area contributed by atoms with E-state index in [2.05, 4.69) is 15.3 Å². The van der Waals surface area contributed by atoms with Gasteiger partial charge in [-0.15, -0.1) is 0 Å². The number of carbonyl (C=O) groups excluding carboxylic acids is 1. The molecule has 0 atom stereocenters. The smallest absolute Gasteiger partial charge is 0.248 e. The van der Waals surface area contributed by atoms with E-state index < -0.39 is 0 Å². The number of anilines is 1. The molecule has 0 spiro atoms. The maximum absolute atomic E-state index is 12.2. The molecule has 1 amide bonds. The summed E-state index contributed by atoms with van der Waals surface area (Å²) in [5.41, 5.74) is 2.15. The SMILES string of the molecule is COc1cc(/C=C/C(=O)Nc2cnc(-c3ccccc3)nc2)ccc1OCC#N. The number of ether oxygens (including phenoxy) is 2. The predicted molar refractivity (Wildman–Crippen MR) is 109 cm³/mol. The molecule has 7 heteroatoms. The summed E-state index contributed by atoms with van der Waals surface area (Å²) in [5, 5.41) is 11.3. The summed E-state index contributed by atoms with van der Waals surface area (Å²) < 4.78 is 10.5. The summed E-state index contributed by atoms with van der Waals surface area (Å²) in [4.78, 5) is 20.7. The summed E-state index contributed by atoms with van der Waals surface area (Å²) in [5.74, 6) is 1.22. The lowest BCUT2D eigenvalue weighted by atomic mass is 10.2. The molecule has 1 aromatic heterocycles. The van der Waals surface area contributed by atoms with Crippen LogP contribution in [0.5, 0.6) is 11.5 Å². The molecule has 3 aromatic rings. The first-order valence-electron chi connectivity index (χ1n) is 8.74. The van der Waals surface area contributed by atoms with Gasteiger partial charge in [-0.1, -0.05) is 36.4 Å². The fourth-order valence-corrected chi connectivity index (χ4v) is 2.50. The van der Waals surface area contributed by atoms with Crippen LogP contribution in [0.25, 0.3) is 17.5 Å². The number of aromatic nitrogens is 2. The van der Waals surface area contributed by atoms with Crippen LogP contribution in [0.15, 0.2) is 67.0 Å². The van der Waals surface area contributed by atoms with E-state index in [4.69, 9.17) is 14.7 Å². The van der Waals surface area contributed by atoms with Gasteiger partial charge in [0, 0.05) is 11.6 Å². The zero-order valence-electron chi connectivity index (χ0n) is 15.7. The summed E-state index contributed by atoms with van der Waals surface area (Å²) >= 11 is 0. The average molecular weight is 386 g/mol. The lowest BCUT2D eigenvalue weighted by Crippen LogP contribution is -2.08. The van der Waals surface area contributed by atoms with Crippen molar-refractivity contribution in [1.82, 2.24) is 9.97 Å². The second-order valence-electron chi connectivity index (χ2n) is 5.84. The lowest BCUT2D eigenvalue weighted by molar-refractivity contribution is -0.111. The minimum atomic E-state index is -0.315. The topological polar surface area (TPSA) is 97.1 Å². The standard InChI is InChI=1S/C22H18N4O3/c1-28-20-13-16(7-9-19(20)29-12-11-23)8-10-21(27)26-18-14-24-22(25-15-18)17-5-3-2-4-6-17/h2-10,13-15H,12H2,1H3,(H,26,27)/b10-8+. The molecule has 0 saturated carbocycles. The van der Waals surface area contributed by atoms with Crippen LogP contribution in [0, 0.1) is 11.3 Å². The Kier molecular flexibility index (Phi) is 6.53. The number of nitrogens with one attached hydrogen (secondary N) is 1. The molecule has 3 rings (SSSR count). The highest BCUT2D eigenvalue weighted by Gasteiger charge is 2.06. The average Bonchev–Trinajstić information content (AvgIpc) is 2.77. The van der Waals surface area contributed by atoms with Gasteiger partial charge >= 0.3 is 0 Å². The van der Waals surface area contributed by atoms with Gasteiger partial charge in [0.05, 0.1) is 25.2 Å². The van der Waals surface area contributed by atoms with Crippen LogP contribution in [0.4, 0.5) is 5.69 Å². The number of amides is 1. The van der Waals surface area contributed by atoms with Gasteiger partial charge in [0.25, 0.3) is 0 Å². The minimum absolute atomic E-state index is 0.0704. The normalized spacial score (nSPS) is 10.3. The highest BCUT2D eigenvalue weighted by molar-refractivity contribution is 6.01. The zero-order valence-corrected chi connectivity index (χ0v) is 15.7. The van der Waals surface area contributed by atoms with Gasteiger partial charge in [-0.05, 0) is 23.8 Å². The molecule has 7 nitrogen and oxygen atoms in total. The van der Waals surface area contributed by atoms with Crippen LogP contribution >= 0.6 is 0 Å². The van der Waals surface area contributed by atoms with Gasteiger partial charge in [-0.2, -0.15) is 5.26 Å². The molecule has 0 aliphatic heterocycles. The molecular weight excluding hydrogens is 368 g/mol. The monoisotopic (exact) mass is 386 g/mol. The third-order valence-corrected chi connectivity index (χ3v) is 3.86. The van der Waals surface area contributed by atoms with Gasteiger partial charge in [0.15, 0.2) is 23.9 Å². The fraction of sp³-hybridized carbons (Fsp3) is 0.0909. The predicted octanol–water partition coefficient (Wildman–Crippen LogP) is 3.71. The zero-order chi connectivity index (χ0) is 20.5. The molecule has 1 N–H and O–H groups in total. The van der Waals surface area contributed by atoms with Crippen molar-refractivity contribution >= 4 is 17.7 Å². The molecule has 1 heterocycles. The van der Waals surface area contributed by atoms with E-state index >= 15 is 0 Å². The number of methoxy groups -OCH3 is 1. The van der Waals surface area contributed by atoms with Gasteiger partial charge in [-0.25, -0.2) is 9.97 Å². The summed E-state index contributed by atoms with van der Waals surface area (Å²) in [6.45, 7) is -0.0704. The van der Waals surface area contributed by atoms with Gasteiger partial charge in [0.1, 0.15) is 6.07 Å². The van der Waals surface area contributed by atoms with Crippen LogP contribution in [0.1, 0.15) is 5.56 Å². The molecule has 144 valence electrons. The third-order valence-electron chi connectivity index (χ3n) is 3.86. The van der Waals surface area contributed by atoms with Gasteiger partial charge < -0.3 is 14.8 Å². The number of rotatable bonds is 7. The van der Waals surface area contributed by atoms with Crippen LogP contribution in [0.3, 0.4) is 0 Å². The Labute approximate surface area is 168 Å². The number of hydrogen-bond acceptors (Lipinski definition) is 6. The number of nitriles is 1. The van der Waals surface area contributed by atoms with E-state index in [1.54, 1.807) is 36.7 Å². The molecule has 0 bridgehead atoms. The van der Waals surface area contributed by atoms with Crippen LogP contribution < -0.4 is 14.8 Å². The molecule has 0 aliphatic rings. The van der Waals surface area contributed by atoms with E-state index in [-0.39, 0.29) is 12.5 Å². The Balaban J connectivity index is 1.63. The van der Waals surface area contributed by atoms with Crippen molar-refractivity contribution in [3.05, 3.63) is 72.6 Å². The third kappa shape index (κ3) is 5.40. The maximum Gasteiger partial charge on any atom is 0.248 e. The van der Waals surface area contributed by atoms with E-state index in [1.165, 1.54) is 13.2 Å². The number of hydrogen-bond donors (Lipinski definition) is 1. The Morgan fingerprint density at radius 3 is 2.59 bits per heavy atom. The van der Waals surface area contributed by atoms with Crippen LogP contribution in [-0.2, 0) is 4.79 Å². The highest BCUT2D eigenvalue weighted by Crippen LogP contribution is 2.28. The van der Waals surface area contributed by atoms with E-state index in [1.807, 2.05) is 36.4 Å². The van der Waals surface area contributed by atoms with Crippen LogP contribution in [0.2, 0.25) is 0 Å². The summed E-state index contributed by atoms with van der Waals surface area (Å²) in [6, 6.07) is 16.7. The molecular formula is C22H18N4O3. The second kappa shape index (κ2) is 9.67. The molecule has 0 radical (unpaired) electrons. The Hall–Kier alpha value is -4.18. The molecule has 0 saturated heterocycles. The van der Waals surface area contributed by atoms with Crippen molar-refractivity contribution in [2.75, 3.05) is 19.0 Å². The van der Waals surface area contributed by atoms with Gasteiger partial charge in [-0.3, -0.25) is 4.79 Å². The highest BCUT2D eigenvalue weighted by atomic mass is 16.5. The lowest BCUT2D eigenvalue weighted by Gasteiger charge is -2.08. The van der Waals surface area contributed by atoms with E-state index in [0.717, 1.165) is 11.1 Å². The van der Waals surface area contributed by atoms with Crippen molar-refractivity contribution in [3.8, 4) is 29.0 Å². The molecule has 0 fully saturated rings. The first-order chi connectivity index (χ1) is 14.2. The minimum Gasteiger partial charge on any atom is -0.493 e. The van der Waals surface area contributed by atoms with Crippen molar-refractivity contribution in [1.29, 1.82) is 5.26 Å². The van der Waals surface area contributed by atoms with Crippen molar-refractivity contribution in [2.24, 2.45) is 0 Å². The maximum atomic E-state index is 12.2. The Bertz CT molecular complexity index is 1040. The molecule has 2 aromatic carbocycles. The molecule has 0 aliphatic carbocycles. The van der Waals surface area contributed by atoms with E-state index in [9.17, 15) is 4.79 Å². The second-order valence-corrected chi connectivity index (χ2v) is 5.84. The largest absolute Gasteiger partial charge is 0.493 e. The molecule has 29 heavy (non-hydrogen) atoms. The quantitative estimate of drug-likeness (QED) is 0.622. The first kappa shape index (κ1) is 19.6. The Morgan fingerprint density at radius 2 is 1.90 bits per heavy atom. The summed E-state index contributed by atoms with van der Waals surface area (Å²) in [6.07, 6.45) is 6.16. The van der Waals surface area contributed by atoms with Crippen LogP contribution in [-0.4, -0.2) is 29.6 Å².